The summed E-state index contributed by atoms with van der Waals surface area (Å²) in [6, 6.07) is 12.6. The van der Waals surface area contributed by atoms with Crippen LogP contribution in [0.5, 0.6) is 0 Å². The first-order valence-corrected chi connectivity index (χ1v) is 14.2. The summed E-state index contributed by atoms with van der Waals surface area (Å²) in [5, 5.41) is 11.3. The summed E-state index contributed by atoms with van der Waals surface area (Å²) in [5.74, 6) is -1.50. The van der Waals surface area contributed by atoms with Gasteiger partial charge in [-0.2, -0.15) is 4.31 Å². The zero-order chi connectivity index (χ0) is 27.4. The van der Waals surface area contributed by atoms with Crippen molar-refractivity contribution in [3.05, 3.63) is 70.8 Å². The number of benzene rings is 2. The number of amides is 1. The Morgan fingerprint density at radius 2 is 1.68 bits per heavy atom. The molecule has 2 aliphatic rings. The zero-order valence-corrected chi connectivity index (χ0v) is 22.7. The molecule has 38 heavy (non-hydrogen) atoms. The number of hydrogen-bond donors (Lipinski definition) is 1. The fraction of sp³-hybridized carbons (Fsp3) is 0.429. The van der Waals surface area contributed by atoms with E-state index in [4.69, 9.17) is 9.47 Å². The van der Waals surface area contributed by atoms with Crippen molar-refractivity contribution in [2.75, 3.05) is 46.6 Å². The van der Waals surface area contributed by atoms with Crippen molar-refractivity contribution in [2.24, 2.45) is 0 Å². The maximum absolute atomic E-state index is 13.2. The van der Waals surface area contributed by atoms with Gasteiger partial charge in [0, 0.05) is 38.9 Å². The number of Topliss-reactive ketones (excluding diaryl/α,β-unsaturated/α-hetero) is 1. The standard InChI is InChI=1S/C28H34N2O7S/c1-19(2)20-5-7-21(8-6-20)25-24(27(32)28(33)30(25)13-4-16-36-3)26(31)22-9-11-23(12-10-22)38(34,35)29-14-17-37-18-15-29/h5-12,19,25,31H,4,13-18H2,1-3H3/b26-24-. The highest BCUT2D eigenvalue weighted by atomic mass is 32.2. The molecule has 0 aromatic heterocycles. The van der Waals surface area contributed by atoms with Gasteiger partial charge in [0.1, 0.15) is 5.76 Å². The smallest absolute Gasteiger partial charge is 0.295 e. The molecule has 2 aromatic carbocycles. The number of aliphatic hydroxyl groups excluding tert-OH is 1. The normalized spacial score (nSPS) is 20.4. The molecule has 2 aliphatic heterocycles. The number of likely N-dealkylation sites (tertiary alicyclic amines) is 1. The van der Waals surface area contributed by atoms with Crippen molar-refractivity contribution in [1.29, 1.82) is 0 Å². The number of hydrogen-bond acceptors (Lipinski definition) is 7. The van der Waals surface area contributed by atoms with Crippen molar-refractivity contribution < 1.29 is 32.6 Å². The van der Waals surface area contributed by atoms with Gasteiger partial charge < -0.3 is 19.5 Å². The molecule has 0 radical (unpaired) electrons. The van der Waals surface area contributed by atoms with Gasteiger partial charge in [-0.3, -0.25) is 9.59 Å². The summed E-state index contributed by atoms with van der Waals surface area (Å²) >= 11 is 0. The second-order valence-electron chi connectivity index (χ2n) is 9.70. The number of rotatable bonds is 9. The van der Waals surface area contributed by atoms with Crippen molar-refractivity contribution in [3.8, 4) is 0 Å². The number of nitrogens with zero attached hydrogens (tertiary/aromatic N) is 2. The molecular formula is C28H34N2O7S. The summed E-state index contributed by atoms with van der Waals surface area (Å²) in [5.41, 5.74) is 2.05. The molecule has 1 N–H and O–H groups in total. The van der Waals surface area contributed by atoms with Gasteiger partial charge in [-0.05, 0) is 47.7 Å². The number of aliphatic hydroxyl groups is 1. The minimum absolute atomic E-state index is 0.0199. The van der Waals surface area contributed by atoms with Crippen LogP contribution < -0.4 is 0 Å². The van der Waals surface area contributed by atoms with E-state index in [-0.39, 0.29) is 41.4 Å². The van der Waals surface area contributed by atoms with Crippen LogP contribution in [0, 0.1) is 0 Å². The van der Waals surface area contributed by atoms with Crippen LogP contribution in [0.1, 0.15) is 48.9 Å². The predicted molar refractivity (Wildman–Crippen MR) is 142 cm³/mol. The van der Waals surface area contributed by atoms with Gasteiger partial charge in [-0.15, -0.1) is 0 Å². The molecule has 2 aromatic rings. The first-order chi connectivity index (χ1) is 18.2. The van der Waals surface area contributed by atoms with Crippen LogP contribution >= 0.6 is 0 Å². The average molecular weight is 543 g/mol. The van der Waals surface area contributed by atoms with E-state index in [1.54, 1.807) is 7.11 Å². The van der Waals surface area contributed by atoms with Gasteiger partial charge in [-0.25, -0.2) is 8.42 Å². The van der Waals surface area contributed by atoms with Crippen molar-refractivity contribution in [3.63, 3.8) is 0 Å². The molecular weight excluding hydrogens is 508 g/mol. The molecule has 2 fully saturated rings. The summed E-state index contributed by atoms with van der Waals surface area (Å²) < 4.78 is 37.7. The number of carbonyl (C=O) groups is 2. The largest absolute Gasteiger partial charge is 0.507 e. The van der Waals surface area contributed by atoms with Crippen LogP contribution in [-0.2, 0) is 29.1 Å². The highest BCUT2D eigenvalue weighted by Gasteiger charge is 2.45. The minimum Gasteiger partial charge on any atom is -0.507 e. The van der Waals surface area contributed by atoms with E-state index in [1.165, 1.54) is 33.5 Å². The number of carbonyl (C=O) groups excluding carboxylic acids is 2. The number of sulfonamides is 1. The third-order valence-electron chi connectivity index (χ3n) is 6.94. The molecule has 0 saturated carbocycles. The Morgan fingerprint density at radius 1 is 1.05 bits per heavy atom. The Morgan fingerprint density at radius 3 is 2.26 bits per heavy atom. The summed E-state index contributed by atoms with van der Waals surface area (Å²) in [6.45, 7) is 6.06. The lowest BCUT2D eigenvalue weighted by molar-refractivity contribution is -0.140. The highest BCUT2D eigenvalue weighted by molar-refractivity contribution is 7.89. The molecule has 1 amide bonds. The van der Waals surface area contributed by atoms with E-state index in [0.717, 1.165) is 5.56 Å². The lowest BCUT2D eigenvalue weighted by atomic mass is 9.93. The van der Waals surface area contributed by atoms with E-state index in [0.29, 0.717) is 37.7 Å². The van der Waals surface area contributed by atoms with Crippen LogP contribution in [0.25, 0.3) is 5.76 Å². The minimum atomic E-state index is -3.72. The highest BCUT2D eigenvalue weighted by Crippen LogP contribution is 2.40. The molecule has 1 unspecified atom stereocenters. The molecule has 2 heterocycles. The number of ether oxygens (including phenoxy) is 2. The molecule has 0 aliphatic carbocycles. The third kappa shape index (κ3) is 5.54. The second-order valence-corrected chi connectivity index (χ2v) is 11.6. The van der Waals surface area contributed by atoms with E-state index < -0.39 is 27.8 Å². The average Bonchev–Trinajstić information content (AvgIpc) is 3.18. The summed E-state index contributed by atoms with van der Waals surface area (Å²) in [6.07, 6.45) is 0.526. The lowest BCUT2D eigenvalue weighted by Gasteiger charge is -2.26. The quantitative estimate of drug-likeness (QED) is 0.224. The van der Waals surface area contributed by atoms with E-state index >= 15 is 0 Å². The fourth-order valence-electron chi connectivity index (χ4n) is 4.78. The Hall–Kier alpha value is -3.05. The van der Waals surface area contributed by atoms with Gasteiger partial charge >= 0.3 is 0 Å². The molecule has 10 heteroatoms. The Labute approximate surface area is 223 Å². The van der Waals surface area contributed by atoms with Gasteiger partial charge in [0.15, 0.2) is 0 Å². The molecule has 0 spiro atoms. The van der Waals surface area contributed by atoms with E-state index in [2.05, 4.69) is 13.8 Å². The van der Waals surface area contributed by atoms with Crippen LogP contribution in [0.15, 0.2) is 59.0 Å². The maximum Gasteiger partial charge on any atom is 0.295 e. The molecule has 0 bridgehead atoms. The third-order valence-corrected chi connectivity index (χ3v) is 8.85. The molecule has 204 valence electrons. The molecule has 1 atom stereocenters. The lowest BCUT2D eigenvalue weighted by Crippen LogP contribution is -2.40. The number of methoxy groups -OCH3 is 1. The number of morpholine rings is 1. The molecule has 9 nitrogen and oxygen atoms in total. The zero-order valence-electron chi connectivity index (χ0n) is 21.9. The van der Waals surface area contributed by atoms with Crippen LogP contribution in [0.3, 0.4) is 0 Å². The van der Waals surface area contributed by atoms with Crippen LogP contribution in [-0.4, -0.2) is 81.0 Å². The first-order valence-electron chi connectivity index (χ1n) is 12.7. The summed E-state index contributed by atoms with van der Waals surface area (Å²) in [7, 11) is -2.15. The van der Waals surface area contributed by atoms with Gasteiger partial charge in [0.2, 0.25) is 10.0 Å². The topological polar surface area (TPSA) is 113 Å². The maximum atomic E-state index is 13.2. The predicted octanol–water partition coefficient (Wildman–Crippen LogP) is 3.29. The summed E-state index contributed by atoms with van der Waals surface area (Å²) in [4.78, 5) is 27.8. The Balaban J connectivity index is 1.72. The molecule has 4 rings (SSSR count). The fourth-order valence-corrected chi connectivity index (χ4v) is 6.18. The van der Waals surface area contributed by atoms with Crippen molar-refractivity contribution in [1.82, 2.24) is 9.21 Å². The number of ketones is 1. The van der Waals surface area contributed by atoms with Crippen molar-refractivity contribution >= 4 is 27.5 Å². The second kappa shape index (κ2) is 11.8. The van der Waals surface area contributed by atoms with Gasteiger partial charge in [-0.1, -0.05) is 38.1 Å². The first kappa shape index (κ1) is 28.0. The van der Waals surface area contributed by atoms with E-state index in [9.17, 15) is 23.1 Å². The van der Waals surface area contributed by atoms with Gasteiger partial charge in [0.25, 0.3) is 11.7 Å². The molecule has 2 saturated heterocycles. The Bertz CT molecular complexity index is 1300. The van der Waals surface area contributed by atoms with Crippen molar-refractivity contribution in [2.45, 2.75) is 37.1 Å². The monoisotopic (exact) mass is 542 g/mol. The van der Waals surface area contributed by atoms with Crippen LogP contribution in [0.4, 0.5) is 0 Å². The van der Waals surface area contributed by atoms with Gasteiger partial charge in [0.05, 0.1) is 29.7 Å². The SMILES string of the molecule is COCCCN1C(=O)C(=O)/C(=C(\O)c2ccc(S(=O)(=O)N3CCOCC3)cc2)C1c1ccc(C(C)C)cc1. The van der Waals surface area contributed by atoms with Crippen LogP contribution in [0.2, 0.25) is 0 Å². The van der Waals surface area contributed by atoms with E-state index in [1.807, 2.05) is 24.3 Å². The Kier molecular flexibility index (Phi) is 8.67.